The molecule has 0 unspecified atom stereocenters. The number of piperidine rings is 1. The zero-order chi connectivity index (χ0) is 20.4. The Morgan fingerprint density at radius 3 is 2.50 bits per heavy atom. The lowest BCUT2D eigenvalue weighted by molar-refractivity contribution is -0.133. The molecule has 0 spiro atoms. The average Bonchev–Trinajstić information content (AvgIpc) is 3.02. The van der Waals surface area contributed by atoms with Gasteiger partial charge < -0.3 is 9.80 Å². The summed E-state index contributed by atoms with van der Waals surface area (Å²) in [6.45, 7) is 10.6. The Morgan fingerprint density at radius 2 is 1.89 bits per heavy atom. The monoisotopic (exact) mass is 404 g/mol. The smallest absolute Gasteiger partial charge is 0.264 e. The molecule has 0 bridgehead atoms. The van der Waals surface area contributed by atoms with Gasteiger partial charge in [-0.05, 0) is 45.1 Å². The second kappa shape index (κ2) is 8.43. The summed E-state index contributed by atoms with van der Waals surface area (Å²) in [7, 11) is 0. The van der Waals surface area contributed by atoms with Crippen LogP contribution in [-0.2, 0) is 11.3 Å². The number of nitrogens with zero attached hydrogens (tertiary/aromatic N) is 4. The van der Waals surface area contributed by atoms with Gasteiger partial charge in [-0.25, -0.2) is 4.98 Å². The van der Waals surface area contributed by atoms with E-state index in [9.17, 15) is 14.4 Å². The molecule has 1 saturated heterocycles. The van der Waals surface area contributed by atoms with Crippen molar-refractivity contribution in [3.8, 4) is 0 Å². The van der Waals surface area contributed by atoms with E-state index in [1.165, 1.54) is 22.2 Å². The van der Waals surface area contributed by atoms with Crippen molar-refractivity contribution in [2.45, 2.75) is 47.1 Å². The molecule has 2 aromatic rings. The molecule has 0 atom stereocenters. The van der Waals surface area contributed by atoms with E-state index in [1.807, 2.05) is 18.7 Å². The standard InChI is InChI=1S/C20H28N4O3S/c1-5-22(6-2)20(27)17-14(4)16-18(28-17)21-12-24(19(16)26)11-15(25)23-9-7-13(3)8-10-23/h12-13H,5-11H2,1-4H3. The minimum Gasteiger partial charge on any atom is -0.341 e. The van der Waals surface area contributed by atoms with Crippen LogP contribution in [-0.4, -0.2) is 57.3 Å². The van der Waals surface area contributed by atoms with Gasteiger partial charge in [0.1, 0.15) is 11.4 Å². The molecule has 0 aliphatic carbocycles. The van der Waals surface area contributed by atoms with Crippen molar-refractivity contribution in [1.29, 1.82) is 0 Å². The summed E-state index contributed by atoms with van der Waals surface area (Å²) in [5.41, 5.74) is 0.402. The molecule has 1 fully saturated rings. The number of likely N-dealkylation sites (tertiary alicyclic amines) is 1. The molecule has 2 amide bonds. The number of carbonyl (C=O) groups excluding carboxylic acids is 2. The molecule has 152 valence electrons. The summed E-state index contributed by atoms with van der Waals surface area (Å²) < 4.78 is 1.37. The number of hydrogen-bond donors (Lipinski definition) is 0. The molecule has 28 heavy (non-hydrogen) atoms. The van der Waals surface area contributed by atoms with Gasteiger partial charge in [-0.3, -0.25) is 19.0 Å². The topological polar surface area (TPSA) is 75.5 Å². The molecular weight excluding hydrogens is 376 g/mol. The highest BCUT2D eigenvalue weighted by Crippen LogP contribution is 2.28. The first-order chi connectivity index (χ1) is 13.4. The third kappa shape index (κ3) is 3.83. The van der Waals surface area contributed by atoms with Crippen LogP contribution in [0, 0.1) is 12.8 Å². The van der Waals surface area contributed by atoms with Gasteiger partial charge in [0, 0.05) is 26.2 Å². The van der Waals surface area contributed by atoms with Crippen molar-refractivity contribution in [1.82, 2.24) is 19.4 Å². The van der Waals surface area contributed by atoms with E-state index in [2.05, 4.69) is 11.9 Å². The molecule has 0 radical (unpaired) electrons. The molecule has 1 aliphatic heterocycles. The van der Waals surface area contributed by atoms with E-state index < -0.39 is 0 Å². The summed E-state index contributed by atoms with van der Waals surface area (Å²) >= 11 is 1.25. The Labute approximate surface area is 169 Å². The van der Waals surface area contributed by atoms with Crippen LogP contribution in [0.15, 0.2) is 11.1 Å². The predicted octanol–water partition coefficient (Wildman–Crippen LogP) is 2.51. The Hall–Kier alpha value is -2.22. The molecule has 0 saturated carbocycles. The minimum atomic E-state index is -0.254. The summed E-state index contributed by atoms with van der Waals surface area (Å²) in [5, 5.41) is 0.447. The van der Waals surface area contributed by atoms with Gasteiger partial charge in [-0.1, -0.05) is 6.92 Å². The predicted molar refractivity (Wildman–Crippen MR) is 111 cm³/mol. The molecule has 0 N–H and O–H groups in total. The van der Waals surface area contributed by atoms with Crippen LogP contribution in [0.1, 0.15) is 48.8 Å². The Morgan fingerprint density at radius 1 is 1.25 bits per heavy atom. The van der Waals surface area contributed by atoms with Crippen molar-refractivity contribution in [2.24, 2.45) is 5.92 Å². The van der Waals surface area contributed by atoms with Crippen molar-refractivity contribution < 1.29 is 9.59 Å². The van der Waals surface area contributed by atoms with Gasteiger partial charge in [0.2, 0.25) is 5.91 Å². The van der Waals surface area contributed by atoms with Crippen LogP contribution in [0.4, 0.5) is 0 Å². The number of carbonyl (C=O) groups is 2. The maximum Gasteiger partial charge on any atom is 0.264 e. The normalized spacial score (nSPS) is 15.2. The molecule has 3 heterocycles. The highest BCUT2D eigenvalue weighted by molar-refractivity contribution is 7.20. The van der Waals surface area contributed by atoms with Crippen molar-refractivity contribution in [2.75, 3.05) is 26.2 Å². The zero-order valence-electron chi connectivity index (χ0n) is 17.0. The number of rotatable bonds is 5. The van der Waals surface area contributed by atoms with Crippen LogP contribution >= 0.6 is 11.3 Å². The first-order valence-electron chi connectivity index (χ1n) is 9.92. The van der Waals surface area contributed by atoms with Crippen molar-refractivity contribution >= 4 is 33.4 Å². The largest absolute Gasteiger partial charge is 0.341 e. The molecule has 2 aromatic heterocycles. The van der Waals surface area contributed by atoms with E-state index in [1.54, 1.807) is 11.8 Å². The summed E-state index contributed by atoms with van der Waals surface area (Å²) in [6, 6.07) is 0. The van der Waals surface area contributed by atoms with E-state index in [-0.39, 0.29) is 23.9 Å². The van der Waals surface area contributed by atoms with E-state index in [0.717, 1.165) is 25.9 Å². The fourth-order valence-electron chi connectivity index (χ4n) is 3.63. The fraction of sp³-hybridized carbons (Fsp3) is 0.600. The van der Waals surface area contributed by atoms with E-state index >= 15 is 0 Å². The summed E-state index contributed by atoms with van der Waals surface area (Å²) in [6.07, 6.45) is 3.42. The Balaban J connectivity index is 1.89. The van der Waals surface area contributed by atoms with Crippen LogP contribution < -0.4 is 5.56 Å². The lowest BCUT2D eigenvalue weighted by atomic mass is 9.99. The number of thiophene rings is 1. The molecule has 1 aliphatic rings. The maximum absolute atomic E-state index is 13.0. The second-order valence-corrected chi connectivity index (χ2v) is 8.45. The maximum atomic E-state index is 13.0. The summed E-state index contributed by atoms with van der Waals surface area (Å²) in [5.74, 6) is 0.512. The third-order valence-corrected chi connectivity index (χ3v) is 6.79. The number of aromatic nitrogens is 2. The fourth-order valence-corrected chi connectivity index (χ4v) is 4.74. The lowest BCUT2D eigenvalue weighted by Gasteiger charge is -2.30. The van der Waals surface area contributed by atoms with Crippen molar-refractivity contribution in [3.05, 3.63) is 27.1 Å². The molecule has 0 aromatic carbocycles. The SMILES string of the molecule is CCN(CC)C(=O)c1sc2ncn(CC(=O)N3CCC(C)CC3)c(=O)c2c1C. The van der Waals surface area contributed by atoms with Crippen molar-refractivity contribution in [3.63, 3.8) is 0 Å². The quantitative estimate of drug-likeness (QED) is 0.767. The zero-order valence-corrected chi connectivity index (χ0v) is 17.8. The first-order valence-corrected chi connectivity index (χ1v) is 10.7. The highest BCUT2D eigenvalue weighted by atomic mass is 32.1. The lowest BCUT2D eigenvalue weighted by Crippen LogP contribution is -2.41. The van der Waals surface area contributed by atoms with Gasteiger partial charge in [-0.15, -0.1) is 11.3 Å². The summed E-state index contributed by atoms with van der Waals surface area (Å²) in [4.78, 5) is 47.4. The Kier molecular flexibility index (Phi) is 6.17. The minimum absolute atomic E-state index is 0.00916. The van der Waals surface area contributed by atoms with Gasteiger partial charge in [0.05, 0.1) is 16.6 Å². The molecule has 3 rings (SSSR count). The van der Waals surface area contributed by atoms with Crippen LogP contribution in [0.25, 0.3) is 10.2 Å². The highest BCUT2D eigenvalue weighted by Gasteiger charge is 2.24. The average molecular weight is 405 g/mol. The molecule has 8 heteroatoms. The van der Waals surface area contributed by atoms with Crippen LogP contribution in [0.3, 0.4) is 0 Å². The molecule has 7 nitrogen and oxygen atoms in total. The molecular formula is C20H28N4O3S. The van der Waals surface area contributed by atoms with Crippen LogP contribution in [0.5, 0.6) is 0 Å². The number of amides is 2. The number of aryl methyl sites for hydroxylation is 1. The van der Waals surface area contributed by atoms with Crippen LogP contribution in [0.2, 0.25) is 0 Å². The second-order valence-electron chi connectivity index (χ2n) is 7.45. The number of hydrogen-bond acceptors (Lipinski definition) is 5. The third-order valence-electron chi connectivity index (χ3n) is 5.60. The van der Waals surface area contributed by atoms with E-state index in [4.69, 9.17) is 0 Å². The van der Waals surface area contributed by atoms with Gasteiger partial charge in [0.15, 0.2) is 0 Å². The first kappa shape index (κ1) is 20.5. The number of fused-ring (bicyclic) bond motifs is 1. The van der Waals surface area contributed by atoms with Gasteiger partial charge in [-0.2, -0.15) is 0 Å². The van der Waals surface area contributed by atoms with Gasteiger partial charge >= 0.3 is 0 Å². The van der Waals surface area contributed by atoms with E-state index in [0.29, 0.717) is 39.7 Å². The Bertz CT molecular complexity index is 937. The van der Waals surface area contributed by atoms with Gasteiger partial charge in [0.25, 0.3) is 11.5 Å².